The molecule has 2 rings (SSSR count). The number of hydrogen-bond acceptors (Lipinski definition) is 4. The summed E-state index contributed by atoms with van der Waals surface area (Å²) in [7, 11) is 0. The van der Waals surface area contributed by atoms with Gasteiger partial charge in [-0.05, 0) is 59.8 Å². The first-order valence-electron chi connectivity index (χ1n) is 6.89. The zero-order chi connectivity index (χ0) is 14.5. The Morgan fingerprint density at radius 2 is 2.15 bits per heavy atom. The van der Waals surface area contributed by atoms with Crippen molar-refractivity contribution in [3.8, 4) is 0 Å². The van der Waals surface area contributed by atoms with E-state index in [0.717, 1.165) is 31.5 Å². The highest BCUT2D eigenvalue weighted by Crippen LogP contribution is 2.31. The Morgan fingerprint density at radius 3 is 2.75 bits per heavy atom. The van der Waals surface area contributed by atoms with Gasteiger partial charge in [-0.25, -0.2) is 0 Å². The lowest BCUT2D eigenvalue weighted by Crippen LogP contribution is -2.26. The van der Waals surface area contributed by atoms with E-state index in [2.05, 4.69) is 20.8 Å². The lowest BCUT2D eigenvalue weighted by Gasteiger charge is -2.21. The lowest BCUT2D eigenvalue weighted by atomic mass is 10.1. The van der Waals surface area contributed by atoms with Crippen LogP contribution in [0.25, 0.3) is 0 Å². The van der Waals surface area contributed by atoms with Crippen molar-refractivity contribution in [2.45, 2.75) is 38.3 Å². The summed E-state index contributed by atoms with van der Waals surface area (Å²) in [6.07, 6.45) is 4.19. The van der Waals surface area contributed by atoms with Crippen molar-refractivity contribution in [1.82, 2.24) is 4.90 Å². The lowest BCUT2D eigenvalue weighted by molar-refractivity contribution is -0.385. The van der Waals surface area contributed by atoms with Gasteiger partial charge in [-0.2, -0.15) is 0 Å². The smallest absolute Gasteiger partial charge is 0.283 e. The fourth-order valence-corrected chi connectivity index (χ4v) is 2.68. The third kappa shape index (κ3) is 4.26. The van der Waals surface area contributed by atoms with E-state index < -0.39 is 0 Å². The Labute approximate surface area is 126 Å². The van der Waals surface area contributed by atoms with Gasteiger partial charge in [-0.3, -0.25) is 15.0 Å². The van der Waals surface area contributed by atoms with E-state index in [1.54, 1.807) is 12.1 Å². The van der Waals surface area contributed by atoms with Crippen LogP contribution >= 0.6 is 15.9 Å². The quantitative estimate of drug-likeness (QED) is 0.447. The molecule has 0 bridgehead atoms. The van der Waals surface area contributed by atoms with Gasteiger partial charge >= 0.3 is 0 Å². The van der Waals surface area contributed by atoms with Crippen LogP contribution in [-0.2, 0) is 6.54 Å². The number of aliphatic hydroxyl groups excluding tert-OH is 1. The van der Waals surface area contributed by atoms with Crippen LogP contribution in [0.2, 0.25) is 0 Å². The summed E-state index contributed by atoms with van der Waals surface area (Å²) in [5.41, 5.74) is 1.09. The monoisotopic (exact) mass is 342 g/mol. The van der Waals surface area contributed by atoms with E-state index >= 15 is 0 Å². The molecule has 1 N–H and O–H groups in total. The fraction of sp³-hybridized carbons (Fsp3) is 0.571. The molecule has 6 heteroatoms. The van der Waals surface area contributed by atoms with Gasteiger partial charge < -0.3 is 5.11 Å². The van der Waals surface area contributed by atoms with Crippen LogP contribution in [0.5, 0.6) is 0 Å². The van der Waals surface area contributed by atoms with E-state index in [-0.39, 0.29) is 17.2 Å². The van der Waals surface area contributed by atoms with E-state index in [1.165, 1.54) is 12.8 Å². The molecule has 1 aromatic carbocycles. The SMILES string of the molecule is O=[N+]([O-])c1cc(CN(CCCCO)C2CC2)ccc1Br. The zero-order valence-corrected chi connectivity index (χ0v) is 12.9. The Hall–Kier alpha value is -0.980. The molecule has 0 aliphatic heterocycles. The minimum absolute atomic E-state index is 0.119. The van der Waals surface area contributed by atoms with Crippen molar-refractivity contribution >= 4 is 21.6 Å². The average molecular weight is 343 g/mol. The molecule has 1 aliphatic rings. The van der Waals surface area contributed by atoms with Gasteiger partial charge in [-0.15, -0.1) is 0 Å². The first kappa shape index (κ1) is 15.4. The Balaban J connectivity index is 2.02. The highest BCUT2D eigenvalue weighted by molar-refractivity contribution is 9.10. The molecule has 0 spiro atoms. The van der Waals surface area contributed by atoms with E-state index in [4.69, 9.17) is 5.11 Å². The first-order chi connectivity index (χ1) is 9.61. The summed E-state index contributed by atoms with van der Waals surface area (Å²) >= 11 is 3.21. The third-order valence-electron chi connectivity index (χ3n) is 3.51. The normalized spacial score (nSPS) is 14.8. The van der Waals surface area contributed by atoms with Gasteiger partial charge in [0.05, 0.1) is 9.40 Å². The number of nitro benzene ring substituents is 1. The summed E-state index contributed by atoms with van der Waals surface area (Å²) in [5, 5.41) is 19.8. The largest absolute Gasteiger partial charge is 0.396 e. The summed E-state index contributed by atoms with van der Waals surface area (Å²) in [6, 6.07) is 5.92. The molecule has 110 valence electrons. The second kappa shape index (κ2) is 7.15. The number of rotatable bonds is 8. The molecule has 0 aromatic heterocycles. The summed E-state index contributed by atoms with van der Waals surface area (Å²) < 4.78 is 0.518. The molecular formula is C14H19BrN2O3. The van der Waals surface area contributed by atoms with Crippen molar-refractivity contribution in [2.75, 3.05) is 13.2 Å². The van der Waals surface area contributed by atoms with Crippen molar-refractivity contribution in [2.24, 2.45) is 0 Å². The second-order valence-corrected chi connectivity index (χ2v) is 6.03. The maximum atomic E-state index is 11.0. The predicted octanol–water partition coefficient (Wildman–Crippen LogP) is 3.09. The molecule has 5 nitrogen and oxygen atoms in total. The number of hydrogen-bond donors (Lipinski definition) is 1. The van der Waals surface area contributed by atoms with Crippen molar-refractivity contribution in [3.63, 3.8) is 0 Å². The summed E-state index contributed by atoms with van der Waals surface area (Å²) in [4.78, 5) is 13.0. The van der Waals surface area contributed by atoms with Crippen molar-refractivity contribution in [3.05, 3.63) is 38.3 Å². The zero-order valence-electron chi connectivity index (χ0n) is 11.3. The Morgan fingerprint density at radius 1 is 1.40 bits per heavy atom. The maximum Gasteiger partial charge on any atom is 0.283 e. The van der Waals surface area contributed by atoms with Crippen molar-refractivity contribution in [1.29, 1.82) is 0 Å². The number of nitrogens with zero attached hydrogens (tertiary/aromatic N) is 2. The molecule has 0 amide bonds. The van der Waals surface area contributed by atoms with Crippen LogP contribution in [0.1, 0.15) is 31.2 Å². The van der Waals surface area contributed by atoms with Gasteiger partial charge in [0, 0.05) is 25.3 Å². The van der Waals surface area contributed by atoms with Gasteiger partial charge in [-0.1, -0.05) is 6.07 Å². The van der Waals surface area contributed by atoms with Crippen LogP contribution in [0.4, 0.5) is 5.69 Å². The van der Waals surface area contributed by atoms with Gasteiger partial charge in [0.2, 0.25) is 0 Å². The van der Waals surface area contributed by atoms with Crippen LogP contribution in [0.3, 0.4) is 0 Å². The number of unbranched alkanes of at least 4 members (excludes halogenated alkanes) is 1. The molecule has 20 heavy (non-hydrogen) atoms. The number of benzene rings is 1. The summed E-state index contributed by atoms with van der Waals surface area (Å²) in [5.74, 6) is 0. The minimum atomic E-state index is -0.360. The topological polar surface area (TPSA) is 66.6 Å². The van der Waals surface area contributed by atoms with Gasteiger partial charge in [0.1, 0.15) is 0 Å². The number of nitro groups is 1. The van der Waals surface area contributed by atoms with Crippen LogP contribution in [0.15, 0.2) is 22.7 Å². The molecular weight excluding hydrogens is 324 g/mol. The number of aliphatic hydroxyl groups is 1. The molecule has 0 heterocycles. The molecule has 1 aliphatic carbocycles. The fourth-order valence-electron chi connectivity index (χ4n) is 2.29. The second-order valence-electron chi connectivity index (χ2n) is 5.18. The highest BCUT2D eigenvalue weighted by atomic mass is 79.9. The molecule has 1 saturated carbocycles. The van der Waals surface area contributed by atoms with Crippen LogP contribution < -0.4 is 0 Å². The molecule has 1 aromatic rings. The average Bonchev–Trinajstić information content (AvgIpc) is 3.24. The predicted molar refractivity (Wildman–Crippen MR) is 80.5 cm³/mol. The minimum Gasteiger partial charge on any atom is -0.396 e. The molecule has 0 atom stereocenters. The molecule has 0 radical (unpaired) electrons. The van der Waals surface area contributed by atoms with E-state index in [1.807, 2.05) is 6.07 Å². The van der Waals surface area contributed by atoms with Gasteiger partial charge in [0.25, 0.3) is 5.69 Å². The van der Waals surface area contributed by atoms with E-state index in [9.17, 15) is 10.1 Å². The van der Waals surface area contributed by atoms with E-state index in [0.29, 0.717) is 10.5 Å². The Bertz CT molecular complexity index is 477. The Kier molecular flexibility index (Phi) is 5.51. The maximum absolute atomic E-state index is 11.0. The standard InChI is InChI=1S/C14H19BrN2O3/c15-13-6-3-11(9-14(13)17(19)20)10-16(12-4-5-12)7-1-2-8-18/h3,6,9,12,18H,1-2,4-5,7-8,10H2. The van der Waals surface area contributed by atoms with Crippen LogP contribution in [-0.4, -0.2) is 34.1 Å². The number of halogens is 1. The molecule has 0 saturated heterocycles. The van der Waals surface area contributed by atoms with Gasteiger partial charge in [0.15, 0.2) is 0 Å². The van der Waals surface area contributed by atoms with Crippen molar-refractivity contribution < 1.29 is 10.0 Å². The first-order valence-corrected chi connectivity index (χ1v) is 7.69. The summed E-state index contributed by atoms with van der Waals surface area (Å²) in [6.45, 7) is 1.90. The molecule has 1 fully saturated rings. The molecule has 0 unspecified atom stereocenters. The van der Waals surface area contributed by atoms with Crippen LogP contribution in [0, 0.1) is 10.1 Å². The third-order valence-corrected chi connectivity index (χ3v) is 4.18. The highest BCUT2D eigenvalue weighted by Gasteiger charge is 2.28.